The molecule has 2 rings (SSSR count). The van der Waals surface area contributed by atoms with Crippen LogP contribution in [0.3, 0.4) is 0 Å². The van der Waals surface area contributed by atoms with Gasteiger partial charge in [-0.25, -0.2) is 9.78 Å². The number of aryl methyl sites for hydroxylation is 1. The van der Waals surface area contributed by atoms with Gasteiger partial charge in [0.15, 0.2) is 0 Å². The molecule has 1 heterocycles. The second-order valence-corrected chi connectivity index (χ2v) is 7.54. The number of amides is 1. The lowest BCUT2D eigenvalue weighted by Gasteiger charge is -2.36. The summed E-state index contributed by atoms with van der Waals surface area (Å²) in [5.74, 6) is 0. The molecule has 1 aliphatic rings. The summed E-state index contributed by atoms with van der Waals surface area (Å²) in [4.78, 5) is 16.1. The molecule has 0 aliphatic heterocycles. The van der Waals surface area contributed by atoms with E-state index in [-0.39, 0.29) is 12.1 Å². The van der Waals surface area contributed by atoms with Crippen molar-refractivity contribution in [2.24, 2.45) is 0 Å². The first-order chi connectivity index (χ1) is 9.82. The Hall–Kier alpha value is -1.14. The third-order valence-electron chi connectivity index (χ3n) is 3.30. The normalized spacial score (nSPS) is 21.7. The molecule has 1 aromatic rings. The van der Waals surface area contributed by atoms with E-state index in [4.69, 9.17) is 4.74 Å². The number of aromatic nitrogens is 1. The molecule has 1 saturated carbocycles. The van der Waals surface area contributed by atoms with Gasteiger partial charge in [0.1, 0.15) is 5.60 Å². The highest BCUT2D eigenvalue weighted by atomic mass is 32.1. The Morgan fingerprint density at radius 1 is 1.43 bits per heavy atom. The van der Waals surface area contributed by atoms with Gasteiger partial charge >= 0.3 is 6.09 Å². The van der Waals surface area contributed by atoms with Crippen LogP contribution in [-0.2, 0) is 11.2 Å². The van der Waals surface area contributed by atoms with Gasteiger partial charge in [0.25, 0.3) is 0 Å². The second kappa shape index (κ2) is 6.75. The number of alkyl carbamates (subject to hydrolysis) is 1. The van der Waals surface area contributed by atoms with Gasteiger partial charge in [-0.2, -0.15) is 0 Å². The zero-order valence-corrected chi connectivity index (χ0v) is 14.0. The largest absolute Gasteiger partial charge is 0.444 e. The number of rotatable bonds is 5. The number of carbonyl (C=O) groups excluding carboxylic acids is 1. The van der Waals surface area contributed by atoms with Crippen LogP contribution in [-0.4, -0.2) is 35.3 Å². The molecule has 0 unspecified atom stereocenters. The van der Waals surface area contributed by atoms with Gasteiger partial charge in [0.2, 0.25) is 0 Å². The van der Waals surface area contributed by atoms with E-state index in [1.807, 2.05) is 27.7 Å². The Bertz CT molecular complexity index is 476. The Kier molecular flexibility index (Phi) is 5.22. The standard InChI is InChI=1S/C15H25N3O2S/c1-10-9-21-13(17-10)5-6-16-11-7-12(8-11)18-14(19)20-15(2,3)4/h9,11-12,16H,5-8H2,1-4H3,(H,18,19). The maximum absolute atomic E-state index is 11.6. The Balaban J connectivity index is 1.56. The Labute approximate surface area is 130 Å². The van der Waals surface area contributed by atoms with Gasteiger partial charge in [0.05, 0.1) is 5.01 Å². The minimum Gasteiger partial charge on any atom is -0.444 e. The lowest BCUT2D eigenvalue weighted by molar-refractivity contribution is 0.0465. The van der Waals surface area contributed by atoms with Crippen LogP contribution in [0.25, 0.3) is 0 Å². The Morgan fingerprint density at radius 3 is 2.71 bits per heavy atom. The van der Waals surface area contributed by atoms with Crippen LogP contribution in [0, 0.1) is 6.92 Å². The van der Waals surface area contributed by atoms with E-state index < -0.39 is 5.60 Å². The summed E-state index contributed by atoms with van der Waals surface area (Å²) in [5.41, 5.74) is 0.664. The SMILES string of the molecule is Cc1csc(CCNC2CC(NC(=O)OC(C)(C)C)C2)n1. The highest BCUT2D eigenvalue weighted by Gasteiger charge is 2.31. The Morgan fingerprint density at radius 2 is 2.14 bits per heavy atom. The molecule has 21 heavy (non-hydrogen) atoms. The molecule has 5 nitrogen and oxygen atoms in total. The number of ether oxygens (including phenoxy) is 1. The first kappa shape index (κ1) is 16.2. The van der Waals surface area contributed by atoms with E-state index in [0.717, 1.165) is 31.5 Å². The third kappa shape index (κ3) is 5.63. The van der Waals surface area contributed by atoms with E-state index in [1.54, 1.807) is 11.3 Å². The van der Waals surface area contributed by atoms with Gasteiger partial charge in [0, 0.05) is 36.1 Å². The first-order valence-corrected chi connectivity index (χ1v) is 8.34. The maximum Gasteiger partial charge on any atom is 0.407 e. The lowest BCUT2D eigenvalue weighted by atomic mass is 9.87. The maximum atomic E-state index is 11.6. The summed E-state index contributed by atoms with van der Waals surface area (Å²) >= 11 is 1.72. The first-order valence-electron chi connectivity index (χ1n) is 7.46. The molecule has 0 radical (unpaired) electrons. The number of thiazole rings is 1. The molecule has 0 spiro atoms. The predicted molar refractivity (Wildman–Crippen MR) is 84.7 cm³/mol. The fourth-order valence-electron chi connectivity index (χ4n) is 2.28. The van der Waals surface area contributed by atoms with Gasteiger partial charge in [-0.3, -0.25) is 0 Å². The molecule has 1 amide bonds. The van der Waals surface area contributed by atoms with E-state index >= 15 is 0 Å². The fraction of sp³-hybridized carbons (Fsp3) is 0.733. The van der Waals surface area contributed by atoms with E-state index in [2.05, 4.69) is 21.0 Å². The number of hydrogen-bond donors (Lipinski definition) is 2. The average molecular weight is 311 g/mol. The van der Waals surface area contributed by atoms with Gasteiger partial charge in [-0.05, 0) is 40.5 Å². The number of hydrogen-bond acceptors (Lipinski definition) is 5. The molecule has 2 N–H and O–H groups in total. The molecule has 0 bridgehead atoms. The van der Waals surface area contributed by atoms with Crippen molar-refractivity contribution in [1.82, 2.24) is 15.6 Å². The number of nitrogens with one attached hydrogen (secondary N) is 2. The smallest absolute Gasteiger partial charge is 0.407 e. The molecular formula is C15H25N3O2S. The minimum absolute atomic E-state index is 0.236. The van der Waals surface area contributed by atoms with Crippen molar-refractivity contribution < 1.29 is 9.53 Å². The van der Waals surface area contributed by atoms with Crippen LogP contribution in [0.2, 0.25) is 0 Å². The molecule has 1 aliphatic carbocycles. The van der Waals surface area contributed by atoms with Crippen molar-refractivity contribution in [2.45, 2.75) is 64.6 Å². The van der Waals surface area contributed by atoms with Crippen LogP contribution >= 0.6 is 11.3 Å². The summed E-state index contributed by atoms with van der Waals surface area (Å²) in [7, 11) is 0. The number of nitrogens with zero attached hydrogens (tertiary/aromatic N) is 1. The second-order valence-electron chi connectivity index (χ2n) is 6.60. The zero-order valence-electron chi connectivity index (χ0n) is 13.2. The molecule has 0 atom stereocenters. The molecule has 1 aromatic heterocycles. The van der Waals surface area contributed by atoms with Gasteiger partial charge in [-0.15, -0.1) is 11.3 Å². The third-order valence-corrected chi connectivity index (χ3v) is 4.32. The van der Waals surface area contributed by atoms with Crippen LogP contribution < -0.4 is 10.6 Å². The van der Waals surface area contributed by atoms with Crippen LogP contribution in [0.1, 0.15) is 44.3 Å². The average Bonchev–Trinajstić information content (AvgIpc) is 2.69. The minimum atomic E-state index is -0.433. The summed E-state index contributed by atoms with van der Waals surface area (Å²) < 4.78 is 5.24. The van der Waals surface area contributed by atoms with Crippen molar-refractivity contribution >= 4 is 17.4 Å². The fourth-order valence-corrected chi connectivity index (χ4v) is 3.05. The van der Waals surface area contributed by atoms with Gasteiger partial charge < -0.3 is 15.4 Å². The summed E-state index contributed by atoms with van der Waals surface area (Å²) in [6, 6.07) is 0.727. The van der Waals surface area contributed by atoms with E-state index in [0.29, 0.717) is 6.04 Å². The molecule has 1 fully saturated rings. The molecule has 0 saturated heterocycles. The van der Waals surface area contributed by atoms with Crippen LogP contribution in [0.5, 0.6) is 0 Å². The molecule has 0 aromatic carbocycles. The lowest BCUT2D eigenvalue weighted by Crippen LogP contribution is -2.53. The van der Waals surface area contributed by atoms with Crippen molar-refractivity contribution in [2.75, 3.05) is 6.54 Å². The van der Waals surface area contributed by atoms with E-state index in [1.165, 1.54) is 5.01 Å². The molecule has 118 valence electrons. The zero-order chi connectivity index (χ0) is 15.5. The van der Waals surface area contributed by atoms with Crippen LogP contribution in [0.15, 0.2) is 5.38 Å². The molecular weight excluding hydrogens is 286 g/mol. The highest BCUT2D eigenvalue weighted by Crippen LogP contribution is 2.20. The van der Waals surface area contributed by atoms with Gasteiger partial charge in [-0.1, -0.05) is 0 Å². The summed E-state index contributed by atoms with van der Waals surface area (Å²) in [5, 5.41) is 9.67. The van der Waals surface area contributed by atoms with Crippen molar-refractivity contribution in [3.63, 3.8) is 0 Å². The predicted octanol–water partition coefficient (Wildman–Crippen LogP) is 2.64. The van der Waals surface area contributed by atoms with Crippen molar-refractivity contribution in [3.8, 4) is 0 Å². The van der Waals surface area contributed by atoms with Crippen LogP contribution in [0.4, 0.5) is 4.79 Å². The van der Waals surface area contributed by atoms with Crippen molar-refractivity contribution in [3.05, 3.63) is 16.1 Å². The summed E-state index contributed by atoms with van der Waals surface area (Å²) in [6.45, 7) is 8.58. The number of carbonyl (C=O) groups is 1. The topological polar surface area (TPSA) is 63.2 Å². The molecule has 6 heteroatoms. The van der Waals surface area contributed by atoms with Crippen molar-refractivity contribution in [1.29, 1.82) is 0 Å². The monoisotopic (exact) mass is 311 g/mol. The quantitative estimate of drug-likeness (QED) is 0.877. The van der Waals surface area contributed by atoms with E-state index in [9.17, 15) is 4.79 Å². The summed E-state index contributed by atoms with van der Waals surface area (Å²) in [6.07, 6.45) is 2.59. The highest BCUT2D eigenvalue weighted by molar-refractivity contribution is 7.09.